The lowest BCUT2D eigenvalue weighted by atomic mass is 10.2. The summed E-state index contributed by atoms with van der Waals surface area (Å²) in [7, 11) is 0. The third-order valence-corrected chi connectivity index (χ3v) is 4.89. The van der Waals surface area contributed by atoms with Gasteiger partial charge in [0.15, 0.2) is 0 Å². The van der Waals surface area contributed by atoms with E-state index in [0.717, 1.165) is 16.8 Å². The Labute approximate surface area is 208 Å². The third kappa shape index (κ3) is 7.52. The number of amides is 2. The van der Waals surface area contributed by atoms with Crippen molar-refractivity contribution in [2.75, 3.05) is 22.5 Å². The number of carbonyl (C=O) groups excluding carboxylic acids is 2. The molecule has 4 N–H and O–H groups in total. The van der Waals surface area contributed by atoms with Crippen molar-refractivity contribution in [2.45, 2.75) is 13.5 Å². The molecule has 4 aromatic rings. The minimum atomic E-state index is -0.662. The number of nitrogens with zero attached hydrogens (tertiary/aromatic N) is 3. The van der Waals surface area contributed by atoms with Crippen LogP contribution in [0.15, 0.2) is 85.3 Å². The monoisotopic (exact) mass is 483 g/mol. The van der Waals surface area contributed by atoms with Gasteiger partial charge < -0.3 is 26.0 Å². The molecule has 0 saturated carbocycles. The molecule has 2 aromatic heterocycles. The molecule has 0 fully saturated rings. The Morgan fingerprint density at radius 2 is 1.50 bits per heavy atom. The number of ether oxygens (including phenoxy) is 1. The minimum Gasteiger partial charge on any atom is -0.445 e. The molecule has 0 aliphatic carbocycles. The topological polar surface area (TPSA) is 130 Å². The Kier molecular flexibility index (Phi) is 8.00. The molecule has 0 bridgehead atoms. The van der Waals surface area contributed by atoms with Crippen LogP contribution >= 0.6 is 0 Å². The molecule has 0 aliphatic rings. The van der Waals surface area contributed by atoms with Gasteiger partial charge in [0, 0.05) is 23.6 Å². The maximum Gasteiger partial charge on any atom is 0.407 e. The summed E-state index contributed by atoms with van der Waals surface area (Å²) in [4.78, 5) is 36.7. The summed E-state index contributed by atoms with van der Waals surface area (Å²) in [6, 6.07) is 22.0. The highest BCUT2D eigenvalue weighted by Crippen LogP contribution is 2.20. The zero-order chi connectivity index (χ0) is 25.2. The summed E-state index contributed by atoms with van der Waals surface area (Å²) in [6.07, 6.45) is 2.52. The SMILES string of the molecule is Cc1ccnc(Nc2cc(Nc3ccc(NC(=O)CNC(=O)OCc4ccccc4)cc3)ncn2)c1. The Bertz CT molecular complexity index is 1310. The highest BCUT2D eigenvalue weighted by molar-refractivity contribution is 5.94. The first kappa shape index (κ1) is 24.1. The molecule has 0 saturated heterocycles. The van der Waals surface area contributed by atoms with Gasteiger partial charge in [-0.1, -0.05) is 30.3 Å². The van der Waals surface area contributed by atoms with Gasteiger partial charge in [0.05, 0.1) is 0 Å². The van der Waals surface area contributed by atoms with Crippen molar-refractivity contribution in [3.63, 3.8) is 0 Å². The van der Waals surface area contributed by atoms with Crippen LogP contribution in [0.2, 0.25) is 0 Å². The molecule has 2 amide bonds. The largest absolute Gasteiger partial charge is 0.445 e. The fourth-order valence-corrected chi connectivity index (χ4v) is 3.15. The van der Waals surface area contributed by atoms with Crippen LogP contribution in [0, 0.1) is 6.92 Å². The zero-order valence-corrected chi connectivity index (χ0v) is 19.6. The molecule has 10 heteroatoms. The van der Waals surface area contributed by atoms with E-state index in [2.05, 4.69) is 36.2 Å². The fraction of sp³-hybridized carbons (Fsp3) is 0.115. The summed E-state index contributed by atoms with van der Waals surface area (Å²) in [5.74, 6) is 1.52. The van der Waals surface area contributed by atoms with Crippen LogP contribution in [0.5, 0.6) is 0 Å². The number of alkyl carbamates (subject to hydrolysis) is 1. The number of hydrogen-bond acceptors (Lipinski definition) is 8. The summed E-state index contributed by atoms with van der Waals surface area (Å²) in [5.41, 5.74) is 3.31. The average molecular weight is 484 g/mol. The Morgan fingerprint density at radius 3 is 2.25 bits per heavy atom. The standard InChI is InChI=1S/C26H25N7O3/c1-18-11-12-27-22(13-18)33-24-14-23(29-17-30-24)31-20-7-9-21(10-8-20)32-25(34)15-28-26(35)36-16-19-5-3-2-4-6-19/h2-14,17H,15-16H2,1H3,(H,28,35)(H,32,34)(H2,27,29,30,31,33). The third-order valence-electron chi connectivity index (χ3n) is 4.89. The lowest BCUT2D eigenvalue weighted by Crippen LogP contribution is -2.33. The van der Waals surface area contributed by atoms with Gasteiger partial charge in [-0.3, -0.25) is 4.79 Å². The zero-order valence-electron chi connectivity index (χ0n) is 19.6. The molecular formula is C26H25N7O3. The first-order valence-corrected chi connectivity index (χ1v) is 11.2. The normalized spacial score (nSPS) is 10.2. The van der Waals surface area contributed by atoms with Gasteiger partial charge in [-0.2, -0.15) is 0 Å². The van der Waals surface area contributed by atoms with Crippen LogP contribution in [0.1, 0.15) is 11.1 Å². The number of aromatic nitrogens is 3. The second kappa shape index (κ2) is 11.9. The predicted molar refractivity (Wildman–Crippen MR) is 137 cm³/mol. The second-order valence-electron chi connectivity index (χ2n) is 7.80. The van der Waals surface area contributed by atoms with Gasteiger partial charge >= 0.3 is 6.09 Å². The Balaban J connectivity index is 1.23. The van der Waals surface area contributed by atoms with Crippen LogP contribution < -0.4 is 21.3 Å². The number of hydrogen-bond donors (Lipinski definition) is 4. The van der Waals surface area contributed by atoms with Crippen molar-refractivity contribution in [3.05, 3.63) is 96.4 Å². The van der Waals surface area contributed by atoms with E-state index in [0.29, 0.717) is 23.1 Å². The van der Waals surface area contributed by atoms with Crippen molar-refractivity contribution in [3.8, 4) is 0 Å². The van der Waals surface area contributed by atoms with E-state index in [-0.39, 0.29) is 19.1 Å². The maximum absolute atomic E-state index is 12.1. The Morgan fingerprint density at radius 1 is 0.806 bits per heavy atom. The van der Waals surface area contributed by atoms with Crippen molar-refractivity contribution >= 4 is 40.8 Å². The molecule has 182 valence electrons. The number of anilines is 5. The second-order valence-corrected chi connectivity index (χ2v) is 7.80. The van der Waals surface area contributed by atoms with E-state index in [1.807, 2.05) is 49.4 Å². The van der Waals surface area contributed by atoms with E-state index >= 15 is 0 Å². The molecular weight excluding hydrogens is 458 g/mol. The van der Waals surface area contributed by atoms with E-state index < -0.39 is 6.09 Å². The van der Waals surface area contributed by atoms with Gasteiger partial charge in [-0.25, -0.2) is 19.7 Å². The van der Waals surface area contributed by atoms with Crippen LogP contribution in [-0.2, 0) is 16.1 Å². The summed E-state index contributed by atoms with van der Waals surface area (Å²) >= 11 is 0. The smallest absolute Gasteiger partial charge is 0.407 e. The molecule has 0 spiro atoms. The molecule has 0 atom stereocenters. The molecule has 0 radical (unpaired) electrons. The number of rotatable bonds is 9. The highest BCUT2D eigenvalue weighted by atomic mass is 16.5. The van der Waals surface area contributed by atoms with E-state index in [4.69, 9.17) is 4.74 Å². The Hall–Kier alpha value is -4.99. The van der Waals surface area contributed by atoms with Gasteiger partial charge in [0.2, 0.25) is 5.91 Å². The van der Waals surface area contributed by atoms with Gasteiger partial charge in [-0.05, 0) is 54.4 Å². The molecule has 0 aliphatic heterocycles. The van der Waals surface area contributed by atoms with Crippen molar-refractivity contribution < 1.29 is 14.3 Å². The molecule has 36 heavy (non-hydrogen) atoms. The van der Waals surface area contributed by atoms with Gasteiger partial charge in [0.1, 0.15) is 36.9 Å². The van der Waals surface area contributed by atoms with Crippen LogP contribution in [-0.4, -0.2) is 33.5 Å². The lowest BCUT2D eigenvalue weighted by Gasteiger charge is -2.10. The summed E-state index contributed by atoms with van der Waals surface area (Å²) in [6.45, 7) is 1.92. The fourth-order valence-electron chi connectivity index (χ4n) is 3.15. The molecule has 2 aromatic carbocycles. The number of nitrogens with one attached hydrogen (secondary N) is 4. The number of pyridine rings is 1. The maximum atomic E-state index is 12.1. The van der Waals surface area contributed by atoms with Crippen LogP contribution in [0.4, 0.5) is 33.6 Å². The van der Waals surface area contributed by atoms with Gasteiger partial charge in [-0.15, -0.1) is 0 Å². The quantitative estimate of drug-likeness (QED) is 0.273. The van der Waals surface area contributed by atoms with E-state index in [1.165, 1.54) is 6.33 Å². The van der Waals surface area contributed by atoms with Crippen molar-refractivity contribution in [1.29, 1.82) is 0 Å². The minimum absolute atomic E-state index is 0.134. The first-order chi connectivity index (χ1) is 17.5. The molecule has 4 rings (SSSR count). The summed E-state index contributed by atoms with van der Waals surface area (Å²) in [5, 5.41) is 11.5. The average Bonchev–Trinajstić information content (AvgIpc) is 2.88. The van der Waals surface area contributed by atoms with Crippen LogP contribution in [0.25, 0.3) is 0 Å². The first-order valence-electron chi connectivity index (χ1n) is 11.2. The molecule has 0 unspecified atom stereocenters. The molecule has 2 heterocycles. The summed E-state index contributed by atoms with van der Waals surface area (Å²) < 4.78 is 5.09. The van der Waals surface area contributed by atoms with Gasteiger partial charge in [0.25, 0.3) is 0 Å². The van der Waals surface area contributed by atoms with Crippen LogP contribution in [0.3, 0.4) is 0 Å². The highest BCUT2D eigenvalue weighted by Gasteiger charge is 2.08. The van der Waals surface area contributed by atoms with E-state index in [1.54, 1.807) is 36.5 Å². The van der Waals surface area contributed by atoms with Crippen molar-refractivity contribution in [1.82, 2.24) is 20.3 Å². The number of carbonyl (C=O) groups is 2. The van der Waals surface area contributed by atoms with Crippen molar-refractivity contribution in [2.24, 2.45) is 0 Å². The van der Waals surface area contributed by atoms with E-state index in [9.17, 15) is 9.59 Å². The number of aryl methyl sites for hydroxylation is 1. The molecule has 10 nitrogen and oxygen atoms in total. The predicted octanol–water partition coefficient (Wildman–Crippen LogP) is 4.53. The number of benzene rings is 2. The lowest BCUT2D eigenvalue weighted by molar-refractivity contribution is -0.115.